The van der Waals surface area contributed by atoms with Gasteiger partial charge in [-0.15, -0.1) is 10.2 Å². The maximum absolute atomic E-state index is 12.4. The van der Waals surface area contributed by atoms with Gasteiger partial charge in [-0.2, -0.15) is 0 Å². The van der Waals surface area contributed by atoms with Gasteiger partial charge >= 0.3 is 5.97 Å². The third-order valence-electron chi connectivity index (χ3n) is 4.44. The minimum absolute atomic E-state index is 0.0750. The summed E-state index contributed by atoms with van der Waals surface area (Å²) in [5.74, 6) is -1.08. The fourth-order valence-electron chi connectivity index (χ4n) is 2.83. The van der Waals surface area contributed by atoms with Gasteiger partial charge in [-0.25, -0.2) is 4.79 Å². The molecule has 0 saturated heterocycles. The van der Waals surface area contributed by atoms with Gasteiger partial charge in [-0.05, 0) is 49.4 Å². The van der Waals surface area contributed by atoms with E-state index in [1.165, 1.54) is 42.1 Å². The van der Waals surface area contributed by atoms with Crippen molar-refractivity contribution in [1.82, 2.24) is 20.1 Å². The number of aromatic carboxylic acids is 1. The summed E-state index contributed by atoms with van der Waals surface area (Å²) in [5, 5.41) is 23.8. The number of hydrogen-bond donors (Lipinski definition) is 3. The number of thioether (sulfide) groups is 1. The molecule has 1 aromatic heterocycles. The van der Waals surface area contributed by atoms with E-state index >= 15 is 0 Å². The number of aromatic nitrogens is 3. The zero-order valence-corrected chi connectivity index (χ0v) is 19.7. The first-order chi connectivity index (χ1) is 15.8. The Morgan fingerprint density at radius 3 is 2.45 bits per heavy atom. The van der Waals surface area contributed by atoms with E-state index in [0.29, 0.717) is 33.8 Å². The second-order valence-corrected chi connectivity index (χ2v) is 8.46. The predicted molar refractivity (Wildman–Crippen MR) is 126 cm³/mol. The van der Waals surface area contributed by atoms with Gasteiger partial charge in [0.15, 0.2) is 11.0 Å². The van der Waals surface area contributed by atoms with Crippen molar-refractivity contribution in [1.29, 1.82) is 0 Å². The highest BCUT2D eigenvalue weighted by molar-refractivity contribution is 7.99. The summed E-state index contributed by atoms with van der Waals surface area (Å²) in [6.07, 6.45) is 0. The highest BCUT2D eigenvalue weighted by Gasteiger charge is 2.16. The van der Waals surface area contributed by atoms with Gasteiger partial charge in [0.1, 0.15) is 0 Å². The molecule has 0 fully saturated rings. The lowest BCUT2D eigenvalue weighted by Gasteiger charge is -2.09. The molecule has 0 radical (unpaired) electrons. The van der Waals surface area contributed by atoms with E-state index in [2.05, 4.69) is 20.8 Å². The zero-order chi connectivity index (χ0) is 24.0. The highest BCUT2D eigenvalue weighted by atomic mass is 35.5. The van der Waals surface area contributed by atoms with E-state index in [4.69, 9.17) is 28.3 Å². The molecule has 2 amide bonds. The first kappa shape index (κ1) is 24.6. The number of carboxylic acids is 1. The van der Waals surface area contributed by atoms with Crippen molar-refractivity contribution in [2.45, 2.75) is 25.2 Å². The van der Waals surface area contributed by atoms with Crippen molar-refractivity contribution < 1.29 is 19.5 Å². The smallest absolute Gasteiger partial charge is 0.335 e. The summed E-state index contributed by atoms with van der Waals surface area (Å²) in [5.41, 5.74) is 0.925. The highest BCUT2D eigenvalue weighted by Crippen LogP contribution is 2.21. The molecule has 3 aromatic rings. The number of carbonyl (C=O) groups excluding carboxylic acids is 2. The normalized spacial score (nSPS) is 10.6. The van der Waals surface area contributed by atoms with Crippen LogP contribution in [0.25, 0.3) is 0 Å². The predicted octanol–water partition coefficient (Wildman–Crippen LogP) is 3.96. The van der Waals surface area contributed by atoms with Crippen molar-refractivity contribution in [3.63, 3.8) is 0 Å². The maximum Gasteiger partial charge on any atom is 0.335 e. The molecule has 9 nitrogen and oxygen atoms in total. The second kappa shape index (κ2) is 11.2. The Kier molecular flexibility index (Phi) is 8.32. The zero-order valence-electron chi connectivity index (χ0n) is 17.3. The number of benzene rings is 2. The lowest BCUT2D eigenvalue weighted by atomic mass is 10.2. The van der Waals surface area contributed by atoms with Crippen LogP contribution >= 0.6 is 35.0 Å². The van der Waals surface area contributed by atoms with Gasteiger partial charge in [0, 0.05) is 17.3 Å². The van der Waals surface area contributed by atoms with Crippen LogP contribution in [0, 0.1) is 0 Å². The summed E-state index contributed by atoms with van der Waals surface area (Å²) in [6.45, 7) is 2.57. The van der Waals surface area contributed by atoms with E-state index in [-0.39, 0.29) is 34.7 Å². The molecular formula is C21H19Cl2N5O4S. The number of carboxylic acid groups (broad SMARTS) is 1. The minimum atomic E-state index is -1.04. The van der Waals surface area contributed by atoms with Gasteiger partial charge in [-0.1, -0.05) is 35.0 Å². The van der Waals surface area contributed by atoms with E-state index in [1.54, 1.807) is 16.7 Å². The van der Waals surface area contributed by atoms with Crippen molar-refractivity contribution in [2.24, 2.45) is 0 Å². The molecule has 2 aromatic carbocycles. The summed E-state index contributed by atoms with van der Waals surface area (Å²) >= 11 is 13.1. The molecule has 12 heteroatoms. The lowest BCUT2D eigenvalue weighted by molar-refractivity contribution is -0.113. The molecular weight excluding hydrogens is 489 g/mol. The molecule has 0 bridgehead atoms. The fourth-order valence-corrected chi connectivity index (χ4v) is 4.14. The Morgan fingerprint density at radius 2 is 1.82 bits per heavy atom. The number of amides is 2. The Balaban J connectivity index is 1.56. The number of hydrogen-bond acceptors (Lipinski definition) is 6. The first-order valence-electron chi connectivity index (χ1n) is 9.69. The van der Waals surface area contributed by atoms with Gasteiger partial charge in [0.25, 0.3) is 5.91 Å². The molecule has 172 valence electrons. The SMILES string of the molecule is CCn1c(CNC(=O)c2ccc(Cl)cc2Cl)nnc1SCC(=O)Nc1ccc(C(=O)O)cc1. The summed E-state index contributed by atoms with van der Waals surface area (Å²) in [4.78, 5) is 35.6. The Morgan fingerprint density at radius 1 is 1.09 bits per heavy atom. The molecule has 33 heavy (non-hydrogen) atoms. The van der Waals surface area contributed by atoms with E-state index < -0.39 is 5.97 Å². The fraction of sp³-hybridized carbons (Fsp3) is 0.190. The van der Waals surface area contributed by atoms with Crippen LogP contribution in [-0.2, 0) is 17.9 Å². The molecule has 0 aliphatic carbocycles. The molecule has 1 heterocycles. The summed E-state index contributed by atoms with van der Waals surface area (Å²) < 4.78 is 1.79. The standard InChI is InChI=1S/C21H19Cl2N5O4S/c1-2-28-17(10-24-19(30)15-8-5-13(22)9-16(15)23)26-27-21(28)33-11-18(29)25-14-6-3-12(4-7-14)20(31)32/h3-9H,2,10-11H2,1H3,(H,24,30)(H,25,29)(H,31,32). The number of halogens is 2. The Hall–Kier alpha value is -3.08. The molecule has 0 aliphatic heterocycles. The van der Waals surface area contributed by atoms with Crippen LogP contribution in [-0.4, -0.2) is 43.4 Å². The molecule has 0 atom stereocenters. The second-order valence-electron chi connectivity index (χ2n) is 6.67. The maximum atomic E-state index is 12.4. The number of carbonyl (C=O) groups is 3. The first-order valence-corrected chi connectivity index (χ1v) is 11.4. The van der Waals surface area contributed by atoms with Crippen LogP contribution in [0.4, 0.5) is 5.69 Å². The quantitative estimate of drug-likeness (QED) is 0.374. The van der Waals surface area contributed by atoms with Gasteiger partial charge < -0.3 is 20.3 Å². The average Bonchev–Trinajstić information content (AvgIpc) is 3.18. The van der Waals surface area contributed by atoms with E-state index in [9.17, 15) is 14.4 Å². The third-order valence-corrected chi connectivity index (χ3v) is 5.96. The van der Waals surface area contributed by atoms with Crippen LogP contribution in [0.15, 0.2) is 47.6 Å². The largest absolute Gasteiger partial charge is 0.478 e. The number of anilines is 1. The van der Waals surface area contributed by atoms with Crippen LogP contribution < -0.4 is 10.6 Å². The van der Waals surface area contributed by atoms with Crippen molar-refractivity contribution in [3.05, 3.63) is 69.5 Å². The molecule has 0 spiro atoms. The molecule has 0 unspecified atom stereocenters. The van der Waals surface area contributed by atoms with Crippen molar-refractivity contribution in [2.75, 3.05) is 11.1 Å². The lowest BCUT2D eigenvalue weighted by Crippen LogP contribution is -2.25. The summed E-state index contributed by atoms with van der Waals surface area (Å²) in [6, 6.07) is 10.5. The average molecular weight is 508 g/mol. The van der Waals surface area contributed by atoms with Gasteiger partial charge in [0.05, 0.1) is 28.4 Å². The van der Waals surface area contributed by atoms with Crippen molar-refractivity contribution >= 4 is 58.4 Å². The van der Waals surface area contributed by atoms with Crippen LogP contribution in [0.5, 0.6) is 0 Å². The minimum Gasteiger partial charge on any atom is -0.478 e. The number of nitrogens with one attached hydrogen (secondary N) is 2. The number of rotatable bonds is 9. The molecule has 3 rings (SSSR count). The van der Waals surface area contributed by atoms with Gasteiger partial charge in [0.2, 0.25) is 5.91 Å². The molecule has 3 N–H and O–H groups in total. The monoisotopic (exact) mass is 507 g/mol. The topological polar surface area (TPSA) is 126 Å². The molecule has 0 saturated carbocycles. The molecule has 0 aliphatic rings. The Bertz CT molecular complexity index is 1180. The van der Waals surface area contributed by atoms with Crippen LogP contribution in [0.1, 0.15) is 33.5 Å². The van der Waals surface area contributed by atoms with Crippen LogP contribution in [0.2, 0.25) is 10.0 Å². The Labute approximate surface area is 203 Å². The van der Waals surface area contributed by atoms with E-state index in [1.807, 2.05) is 6.92 Å². The summed E-state index contributed by atoms with van der Waals surface area (Å²) in [7, 11) is 0. The van der Waals surface area contributed by atoms with Gasteiger partial charge in [-0.3, -0.25) is 9.59 Å². The van der Waals surface area contributed by atoms with Crippen molar-refractivity contribution in [3.8, 4) is 0 Å². The number of nitrogens with zero attached hydrogens (tertiary/aromatic N) is 3. The van der Waals surface area contributed by atoms with E-state index in [0.717, 1.165) is 0 Å². The third kappa shape index (κ3) is 6.47. The van der Waals surface area contributed by atoms with Crippen LogP contribution in [0.3, 0.4) is 0 Å².